The molecule has 0 rings (SSSR count). The monoisotopic (exact) mass is 297 g/mol. The standard InChI is InChI=1S/C10H20NO7P/c1-8(12)5-10(6-16-9(2)13)7-18-19(14,15)17-4-3-11/h10H,3-7,11H2,1-2H3,(H,14,15). The zero-order valence-corrected chi connectivity index (χ0v) is 11.9. The SMILES string of the molecule is CC(=O)CC(COC(C)=O)COP(=O)(O)OCCN. The molecule has 0 aromatic carbocycles. The first-order valence-electron chi connectivity index (χ1n) is 5.71. The second-order valence-corrected chi connectivity index (χ2v) is 5.41. The van der Waals surface area contributed by atoms with Crippen molar-refractivity contribution in [2.75, 3.05) is 26.4 Å². The molecule has 0 aliphatic rings. The maximum Gasteiger partial charge on any atom is 0.472 e. The summed E-state index contributed by atoms with van der Waals surface area (Å²) in [5, 5.41) is 0. The second kappa shape index (κ2) is 9.17. The maximum atomic E-state index is 11.4. The van der Waals surface area contributed by atoms with E-state index in [2.05, 4.69) is 4.52 Å². The molecule has 0 aromatic heterocycles. The molecule has 0 aliphatic heterocycles. The van der Waals surface area contributed by atoms with Crippen LogP contribution in [-0.2, 0) is 27.9 Å². The third-order valence-electron chi connectivity index (χ3n) is 1.94. The molecule has 19 heavy (non-hydrogen) atoms. The largest absolute Gasteiger partial charge is 0.472 e. The first-order valence-corrected chi connectivity index (χ1v) is 7.21. The van der Waals surface area contributed by atoms with Gasteiger partial charge < -0.3 is 20.2 Å². The van der Waals surface area contributed by atoms with Crippen LogP contribution in [0, 0.1) is 5.92 Å². The van der Waals surface area contributed by atoms with Crippen LogP contribution in [0.1, 0.15) is 20.3 Å². The van der Waals surface area contributed by atoms with E-state index in [0.717, 1.165) is 0 Å². The van der Waals surface area contributed by atoms with Gasteiger partial charge in [0.1, 0.15) is 5.78 Å². The third-order valence-corrected chi connectivity index (χ3v) is 2.93. The fourth-order valence-electron chi connectivity index (χ4n) is 1.21. The number of carbonyl (C=O) groups excluding carboxylic acids is 2. The van der Waals surface area contributed by atoms with Crippen molar-refractivity contribution in [3.8, 4) is 0 Å². The highest BCUT2D eigenvalue weighted by molar-refractivity contribution is 7.47. The van der Waals surface area contributed by atoms with E-state index in [1.807, 2.05) is 0 Å². The lowest BCUT2D eigenvalue weighted by molar-refractivity contribution is -0.143. The predicted octanol–water partition coefficient (Wildman–Crippen LogP) is 0.237. The molecule has 2 atom stereocenters. The van der Waals surface area contributed by atoms with Gasteiger partial charge >= 0.3 is 13.8 Å². The Balaban J connectivity index is 4.26. The number of hydrogen-bond acceptors (Lipinski definition) is 7. The summed E-state index contributed by atoms with van der Waals surface area (Å²) >= 11 is 0. The van der Waals surface area contributed by atoms with Crippen LogP contribution in [0.25, 0.3) is 0 Å². The minimum Gasteiger partial charge on any atom is -0.465 e. The fourth-order valence-corrected chi connectivity index (χ4v) is 2.02. The van der Waals surface area contributed by atoms with Gasteiger partial charge in [0, 0.05) is 25.8 Å². The van der Waals surface area contributed by atoms with Gasteiger partial charge in [-0.1, -0.05) is 0 Å². The number of hydrogen-bond donors (Lipinski definition) is 2. The van der Waals surface area contributed by atoms with E-state index < -0.39 is 19.7 Å². The van der Waals surface area contributed by atoms with Crippen molar-refractivity contribution in [3.05, 3.63) is 0 Å². The van der Waals surface area contributed by atoms with E-state index in [-0.39, 0.29) is 38.6 Å². The molecule has 0 spiro atoms. The Morgan fingerprint density at radius 1 is 1.26 bits per heavy atom. The average Bonchev–Trinajstić information content (AvgIpc) is 2.29. The molecule has 0 heterocycles. The summed E-state index contributed by atoms with van der Waals surface area (Å²) in [5.41, 5.74) is 5.12. The average molecular weight is 297 g/mol. The normalized spacial score (nSPS) is 15.6. The van der Waals surface area contributed by atoms with Crippen LogP contribution in [0.3, 0.4) is 0 Å². The number of phosphoric ester groups is 1. The summed E-state index contributed by atoms with van der Waals surface area (Å²) in [5.74, 6) is -1.14. The van der Waals surface area contributed by atoms with Crippen LogP contribution in [0.15, 0.2) is 0 Å². The third kappa shape index (κ3) is 10.8. The quantitative estimate of drug-likeness (QED) is 0.434. The number of ether oxygens (including phenoxy) is 1. The second-order valence-electron chi connectivity index (χ2n) is 3.96. The van der Waals surface area contributed by atoms with E-state index in [1.54, 1.807) is 0 Å². The molecule has 8 nitrogen and oxygen atoms in total. The van der Waals surface area contributed by atoms with E-state index in [9.17, 15) is 19.0 Å². The molecule has 2 unspecified atom stereocenters. The number of phosphoric acid groups is 1. The summed E-state index contributed by atoms with van der Waals surface area (Å²) in [6.45, 7) is 2.27. The van der Waals surface area contributed by atoms with E-state index >= 15 is 0 Å². The Morgan fingerprint density at radius 2 is 1.89 bits per heavy atom. The number of ketones is 1. The van der Waals surface area contributed by atoms with Crippen molar-refractivity contribution >= 4 is 19.6 Å². The molecule has 0 saturated heterocycles. The molecule has 0 amide bonds. The van der Waals surface area contributed by atoms with Crippen molar-refractivity contribution < 1.29 is 32.8 Å². The van der Waals surface area contributed by atoms with Crippen molar-refractivity contribution in [3.63, 3.8) is 0 Å². The molecule has 0 fully saturated rings. The van der Waals surface area contributed by atoms with Gasteiger partial charge in [0.2, 0.25) is 0 Å². The molecular formula is C10H20NO7P. The maximum absolute atomic E-state index is 11.4. The number of esters is 1. The topological polar surface area (TPSA) is 125 Å². The molecular weight excluding hydrogens is 277 g/mol. The van der Waals surface area contributed by atoms with Gasteiger partial charge in [0.25, 0.3) is 0 Å². The van der Waals surface area contributed by atoms with Crippen LogP contribution in [0.5, 0.6) is 0 Å². The van der Waals surface area contributed by atoms with Gasteiger partial charge in [-0.25, -0.2) is 4.57 Å². The predicted molar refractivity (Wildman–Crippen MR) is 66.2 cm³/mol. The highest BCUT2D eigenvalue weighted by Crippen LogP contribution is 2.43. The lowest BCUT2D eigenvalue weighted by atomic mass is 10.1. The van der Waals surface area contributed by atoms with Crippen LogP contribution in [0.4, 0.5) is 0 Å². The van der Waals surface area contributed by atoms with Crippen molar-refractivity contribution in [2.24, 2.45) is 11.7 Å². The molecule has 0 aliphatic carbocycles. The van der Waals surface area contributed by atoms with Crippen LogP contribution < -0.4 is 5.73 Å². The highest BCUT2D eigenvalue weighted by Gasteiger charge is 2.24. The summed E-state index contributed by atoms with van der Waals surface area (Å²) in [7, 11) is -4.19. The Morgan fingerprint density at radius 3 is 2.37 bits per heavy atom. The van der Waals surface area contributed by atoms with Gasteiger partial charge in [-0.2, -0.15) is 0 Å². The Labute approximate surface area is 111 Å². The van der Waals surface area contributed by atoms with Crippen molar-refractivity contribution in [1.29, 1.82) is 0 Å². The van der Waals surface area contributed by atoms with Crippen molar-refractivity contribution in [1.82, 2.24) is 0 Å². The zero-order chi connectivity index (χ0) is 14.9. The van der Waals surface area contributed by atoms with Gasteiger partial charge in [0.05, 0.1) is 19.8 Å². The van der Waals surface area contributed by atoms with E-state index in [0.29, 0.717) is 0 Å². The van der Waals surface area contributed by atoms with Gasteiger partial charge in [-0.3, -0.25) is 13.8 Å². The zero-order valence-electron chi connectivity index (χ0n) is 11.0. The summed E-state index contributed by atoms with van der Waals surface area (Å²) in [4.78, 5) is 31.0. The van der Waals surface area contributed by atoms with Crippen LogP contribution in [0.2, 0.25) is 0 Å². The van der Waals surface area contributed by atoms with Crippen LogP contribution >= 0.6 is 7.82 Å². The highest BCUT2D eigenvalue weighted by atomic mass is 31.2. The molecule has 9 heteroatoms. The van der Waals surface area contributed by atoms with Crippen molar-refractivity contribution in [2.45, 2.75) is 20.3 Å². The minimum absolute atomic E-state index is 0.0637. The lowest BCUT2D eigenvalue weighted by Crippen LogP contribution is -2.20. The molecule has 112 valence electrons. The molecule has 0 radical (unpaired) electrons. The number of rotatable bonds is 10. The Kier molecular flexibility index (Phi) is 8.79. The molecule has 0 bridgehead atoms. The van der Waals surface area contributed by atoms with Gasteiger partial charge in [-0.15, -0.1) is 0 Å². The summed E-state index contributed by atoms with van der Waals surface area (Å²) < 4.78 is 25.4. The van der Waals surface area contributed by atoms with Crippen LogP contribution in [-0.4, -0.2) is 43.0 Å². The fraction of sp³-hybridized carbons (Fsp3) is 0.800. The Bertz CT molecular complexity index is 347. The first kappa shape index (κ1) is 18.2. The number of nitrogens with two attached hydrogens (primary N) is 1. The van der Waals surface area contributed by atoms with Gasteiger partial charge in [0.15, 0.2) is 0 Å². The van der Waals surface area contributed by atoms with Gasteiger partial charge in [-0.05, 0) is 6.92 Å². The van der Waals surface area contributed by atoms with E-state index in [4.69, 9.17) is 15.0 Å². The summed E-state index contributed by atoms with van der Waals surface area (Å²) in [6, 6.07) is 0. The molecule has 0 saturated carbocycles. The molecule has 0 aromatic rings. The number of Topliss-reactive ketones (excluding diaryl/α,β-unsaturated/α-hetero) is 1. The summed E-state index contributed by atoms with van der Waals surface area (Å²) in [6.07, 6.45) is 0.0736. The Hall–Kier alpha value is -0.790. The molecule has 3 N–H and O–H groups in total. The first-order chi connectivity index (χ1) is 8.76. The number of carbonyl (C=O) groups is 2. The minimum atomic E-state index is -4.19. The smallest absolute Gasteiger partial charge is 0.465 e. The van der Waals surface area contributed by atoms with E-state index in [1.165, 1.54) is 13.8 Å². The lowest BCUT2D eigenvalue weighted by Gasteiger charge is -2.17.